The molecule has 92 valence electrons. The highest BCUT2D eigenvalue weighted by Crippen LogP contribution is 2.18. The molecule has 4 N–H and O–H groups in total. The molecule has 0 saturated heterocycles. The summed E-state index contributed by atoms with van der Waals surface area (Å²) in [5.74, 6) is -0.274. The van der Waals surface area contributed by atoms with Crippen molar-refractivity contribution in [1.82, 2.24) is 10.6 Å². The fourth-order valence-corrected chi connectivity index (χ4v) is 1.49. The Morgan fingerprint density at radius 3 is 2.44 bits per heavy atom. The van der Waals surface area contributed by atoms with E-state index in [2.05, 4.69) is 10.6 Å². The van der Waals surface area contributed by atoms with Crippen molar-refractivity contribution in [2.75, 3.05) is 13.1 Å². The van der Waals surface area contributed by atoms with Gasteiger partial charge in [-0.3, -0.25) is 9.59 Å². The highest BCUT2D eigenvalue weighted by atomic mass is 16.2. The topological polar surface area (TPSA) is 84.2 Å². The zero-order chi connectivity index (χ0) is 12.1. The molecular weight excluding hydrogens is 206 g/mol. The van der Waals surface area contributed by atoms with Gasteiger partial charge in [0.15, 0.2) is 0 Å². The molecule has 1 atom stereocenters. The van der Waals surface area contributed by atoms with Crippen LogP contribution in [0.15, 0.2) is 0 Å². The molecule has 0 aromatic rings. The van der Waals surface area contributed by atoms with E-state index in [-0.39, 0.29) is 30.2 Å². The number of carbonyl (C=O) groups excluding carboxylic acids is 2. The lowest BCUT2D eigenvalue weighted by atomic mass is 9.95. The van der Waals surface area contributed by atoms with Gasteiger partial charge in [0.05, 0.1) is 12.5 Å². The van der Waals surface area contributed by atoms with Gasteiger partial charge < -0.3 is 16.4 Å². The van der Waals surface area contributed by atoms with Gasteiger partial charge in [-0.25, -0.2) is 0 Å². The molecule has 1 aliphatic carbocycles. The Morgan fingerprint density at radius 2 is 2.00 bits per heavy atom. The van der Waals surface area contributed by atoms with E-state index >= 15 is 0 Å². The molecule has 0 bridgehead atoms. The molecule has 5 heteroatoms. The molecule has 2 amide bonds. The third-order valence-corrected chi connectivity index (χ3v) is 2.76. The van der Waals surface area contributed by atoms with Crippen LogP contribution in [0.4, 0.5) is 0 Å². The van der Waals surface area contributed by atoms with Gasteiger partial charge >= 0.3 is 0 Å². The van der Waals surface area contributed by atoms with E-state index in [1.807, 2.05) is 13.8 Å². The maximum Gasteiger partial charge on any atom is 0.239 e. The second kappa shape index (κ2) is 5.84. The van der Waals surface area contributed by atoms with Gasteiger partial charge in [0.25, 0.3) is 0 Å². The van der Waals surface area contributed by atoms with Gasteiger partial charge in [0.2, 0.25) is 11.8 Å². The molecule has 1 fully saturated rings. The van der Waals surface area contributed by atoms with E-state index in [4.69, 9.17) is 5.73 Å². The lowest BCUT2D eigenvalue weighted by Crippen LogP contribution is -2.43. The van der Waals surface area contributed by atoms with E-state index in [1.165, 1.54) is 0 Å². The van der Waals surface area contributed by atoms with E-state index < -0.39 is 0 Å². The van der Waals surface area contributed by atoms with Crippen molar-refractivity contribution in [1.29, 1.82) is 0 Å². The first-order valence-electron chi connectivity index (χ1n) is 5.81. The average Bonchev–Trinajstić information content (AvgIpc) is 2.99. The van der Waals surface area contributed by atoms with Crippen LogP contribution in [0.3, 0.4) is 0 Å². The Balaban J connectivity index is 2.24. The molecule has 1 rings (SSSR count). The van der Waals surface area contributed by atoms with Crippen molar-refractivity contribution >= 4 is 11.8 Å². The first-order chi connectivity index (χ1) is 7.54. The standard InChI is InChI=1S/C11H21N3O2/c1-7(2)9(5-12)11(16)13-6-10(15)14-8-3-4-8/h7-9H,3-6,12H2,1-2H3,(H,13,16)(H,14,15). The monoisotopic (exact) mass is 227 g/mol. The molecule has 0 heterocycles. The maximum absolute atomic E-state index is 11.7. The molecule has 0 aliphatic heterocycles. The van der Waals surface area contributed by atoms with Crippen molar-refractivity contribution in [3.05, 3.63) is 0 Å². The second-order valence-corrected chi connectivity index (χ2v) is 4.65. The fourth-order valence-electron chi connectivity index (χ4n) is 1.49. The molecule has 1 aliphatic rings. The van der Waals surface area contributed by atoms with E-state index in [0.29, 0.717) is 12.6 Å². The van der Waals surface area contributed by atoms with Crippen molar-refractivity contribution in [2.45, 2.75) is 32.7 Å². The van der Waals surface area contributed by atoms with Crippen LogP contribution in [0.25, 0.3) is 0 Å². The summed E-state index contributed by atoms with van der Waals surface area (Å²) in [6, 6.07) is 0.333. The number of nitrogens with one attached hydrogen (secondary N) is 2. The predicted molar refractivity (Wildman–Crippen MR) is 61.6 cm³/mol. The van der Waals surface area contributed by atoms with Gasteiger partial charge in [0.1, 0.15) is 0 Å². The number of hydrogen-bond acceptors (Lipinski definition) is 3. The normalized spacial score (nSPS) is 17.0. The summed E-state index contributed by atoms with van der Waals surface area (Å²) >= 11 is 0. The van der Waals surface area contributed by atoms with Crippen molar-refractivity contribution in [2.24, 2.45) is 17.6 Å². The SMILES string of the molecule is CC(C)C(CN)C(=O)NCC(=O)NC1CC1. The highest BCUT2D eigenvalue weighted by molar-refractivity contribution is 5.86. The summed E-state index contributed by atoms with van der Waals surface area (Å²) in [5, 5.41) is 5.43. The van der Waals surface area contributed by atoms with Gasteiger partial charge in [-0.05, 0) is 18.8 Å². The van der Waals surface area contributed by atoms with Crippen LogP contribution in [0, 0.1) is 11.8 Å². The zero-order valence-electron chi connectivity index (χ0n) is 9.95. The van der Waals surface area contributed by atoms with Crippen LogP contribution < -0.4 is 16.4 Å². The van der Waals surface area contributed by atoms with Crippen LogP contribution >= 0.6 is 0 Å². The van der Waals surface area contributed by atoms with Crippen molar-refractivity contribution in [3.63, 3.8) is 0 Å². The Kier molecular flexibility index (Phi) is 4.73. The van der Waals surface area contributed by atoms with Crippen LogP contribution in [0.2, 0.25) is 0 Å². The van der Waals surface area contributed by atoms with Crippen LogP contribution in [0.5, 0.6) is 0 Å². The first-order valence-corrected chi connectivity index (χ1v) is 5.81. The molecular formula is C11H21N3O2. The van der Waals surface area contributed by atoms with Gasteiger partial charge in [0, 0.05) is 12.6 Å². The summed E-state index contributed by atoms with van der Waals surface area (Å²) in [7, 11) is 0. The summed E-state index contributed by atoms with van der Waals surface area (Å²) in [4.78, 5) is 23.0. The summed E-state index contributed by atoms with van der Waals surface area (Å²) in [5.41, 5.74) is 5.51. The van der Waals surface area contributed by atoms with Crippen LogP contribution in [0.1, 0.15) is 26.7 Å². The molecule has 0 aromatic carbocycles. The summed E-state index contributed by atoms with van der Waals surface area (Å²) < 4.78 is 0. The van der Waals surface area contributed by atoms with Gasteiger partial charge in [-0.15, -0.1) is 0 Å². The highest BCUT2D eigenvalue weighted by Gasteiger charge is 2.24. The molecule has 1 saturated carbocycles. The van der Waals surface area contributed by atoms with E-state index in [1.54, 1.807) is 0 Å². The van der Waals surface area contributed by atoms with Crippen LogP contribution in [-0.4, -0.2) is 30.9 Å². The van der Waals surface area contributed by atoms with Gasteiger partial charge in [-0.1, -0.05) is 13.8 Å². The predicted octanol–water partition coefficient (Wildman–Crippen LogP) is -0.388. The minimum Gasteiger partial charge on any atom is -0.352 e. The zero-order valence-corrected chi connectivity index (χ0v) is 9.95. The molecule has 5 nitrogen and oxygen atoms in total. The summed E-state index contributed by atoms with van der Waals surface area (Å²) in [6.45, 7) is 4.26. The second-order valence-electron chi connectivity index (χ2n) is 4.65. The largest absolute Gasteiger partial charge is 0.352 e. The Morgan fingerprint density at radius 1 is 1.38 bits per heavy atom. The number of rotatable bonds is 6. The minimum absolute atomic E-state index is 0.0541. The Hall–Kier alpha value is -1.10. The average molecular weight is 227 g/mol. The third kappa shape index (κ3) is 4.18. The lowest BCUT2D eigenvalue weighted by Gasteiger charge is -2.17. The molecule has 1 unspecified atom stereocenters. The van der Waals surface area contributed by atoms with Gasteiger partial charge in [-0.2, -0.15) is 0 Å². The molecule has 0 spiro atoms. The van der Waals surface area contributed by atoms with Crippen LogP contribution in [-0.2, 0) is 9.59 Å². The lowest BCUT2D eigenvalue weighted by molar-refractivity contribution is -0.129. The Bertz CT molecular complexity index is 262. The fraction of sp³-hybridized carbons (Fsp3) is 0.818. The molecule has 0 aromatic heterocycles. The van der Waals surface area contributed by atoms with Crippen molar-refractivity contribution < 1.29 is 9.59 Å². The number of hydrogen-bond donors (Lipinski definition) is 3. The van der Waals surface area contributed by atoms with Crippen molar-refractivity contribution in [3.8, 4) is 0 Å². The molecule has 0 radical (unpaired) electrons. The quantitative estimate of drug-likeness (QED) is 0.578. The van der Waals surface area contributed by atoms with E-state index in [9.17, 15) is 9.59 Å². The summed E-state index contributed by atoms with van der Waals surface area (Å²) in [6.07, 6.45) is 2.11. The third-order valence-electron chi connectivity index (χ3n) is 2.76. The number of amides is 2. The minimum atomic E-state index is -0.214. The number of carbonyl (C=O) groups is 2. The molecule has 16 heavy (non-hydrogen) atoms. The smallest absolute Gasteiger partial charge is 0.239 e. The Labute approximate surface area is 96.1 Å². The maximum atomic E-state index is 11.7. The first kappa shape index (κ1) is 13.0. The number of nitrogens with two attached hydrogens (primary N) is 1. The van der Waals surface area contributed by atoms with E-state index in [0.717, 1.165) is 12.8 Å².